The molecule has 5 heteroatoms. The minimum absolute atomic E-state index is 0.0686. The van der Waals surface area contributed by atoms with Crippen molar-refractivity contribution in [3.63, 3.8) is 0 Å². The summed E-state index contributed by atoms with van der Waals surface area (Å²) in [6.07, 6.45) is 4.37. The second-order valence-corrected chi connectivity index (χ2v) is 7.96. The molecule has 2 fully saturated rings. The lowest BCUT2D eigenvalue weighted by atomic mass is 9.73. The van der Waals surface area contributed by atoms with E-state index in [-0.39, 0.29) is 23.5 Å². The lowest BCUT2D eigenvalue weighted by molar-refractivity contribution is -0.139. The molecule has 2 saturated heterocycles. The first-order valence-electron chi connectivity index (χ1n) is 9.05. The summed E-state index contributed by atoms with van der Waals surface area (Å²) >= 11 is 0. The number of hydrogen-bond acceptors (Lipinski definition) is 3. The van der Waals surface area contributed by atoms with Crippen LogP contribution < -0.4 is 0 Å². The van der Waals surface area contributed by atoms with Crippen molar-refractivity contribution >= 4 is 12.0 Å². The van der Waals surface area contributed by atoms with Crippen molar-refractivity contribution in [2.45, 2.75) is 65.9 Å². The van der Waals surface area contributed by atoms with Crippen LogP contribution in [0.3, 0.4) is 0 Å². The van der Waals surface area contributed by atoms with Gasteiger partial charge in [0.25, 0.3) is 0 Å². The van der Waals surface area contributed by atoms with Gasteiger partial charge in [-0.25, -0.2) is 4.79 Å². The molecule has 1 spiro atoms. The van der Waals surface area contributed by atoms with E-state index < -0.39 is 0 Å². The minimum Gasteiger partial charge on any atom is -0.447 e. The highest BCUT2D eigenvalue weighted by Gasteiger charge is 2.43. The standard InChI is InChI=1S/C18H32N2O3/c1-14(2)7-11-19-12-18(9-6-16(19)21)8-5-10-20(13-18)17(22)23-15(3)4/h14-15H,5-13H2,1-4H3/t18-/m0/s1. The average molecular weight is 324 g/mol. The molecule has 2 amide bonds. The van der Waals surface area contributed by atoms with Crippen molar-refractivity contribution in [1.29, 1.82) is 0 Å². The Balaban J connectivity index is 1.99. The summed E-state index contributed by atoms with van der Waals surface area (Å²) in [4.78, 5) is 28.3. The number of rotatable bonds is 4. The van der Waals surface area contributed by atoms with Crippen LogP contribution in [0.25, 0.3) is 0 Å². The summed E-state index contributed by atoms with van der Waals surface area (Å²) in [6, 6.07) is 0. The van der Waals surface area contributed by atoms with Crippen molar-refractivity contribution in [3.8, 4) is 0 Å². The Hall–Kier alpha value is -1.26. The van der Waals surface area contributed by atoms with Crippen molar-refractivity contribution in [2.75, 3.05) is 26.2 Å². The minimum atomic E-state index is -0.204. The molecular weight excluding hydrogens is 292 g/mol. The van der Waals surface area contributed by atoms with Gasteiger partial charge in [0.1, 0.15) is 0 Å². The summed E-state index contributed by atoms with van der Waals surface area (Å²) in [5, 5.41) is 0. The van der Waals surface area contributed by atoms with Crippen LogP contribution in [0.2, 0.25) is 0 Å². The first-order valence-corrected chi connectivity index (χ1v) is 9.05. The molecular formula is C18H32N2O3. The van der Waals surface area contributed by atoms with E-state index in [0.717, 1.165) is 51.9 Å². The number of likely N-dealkylation sites (tertiary alicyclic amines) is 2. The Morgan fingerprint density at radius 1 is 1.22 bits per heavy atom. The highest BCUT2D eigenvalue weighted by Crippen LogP contribution is 2.39. The molecule has 2 aliphatic rings. The molecule has 5 nitrogen and oxygen atoms in total. The van der Waals surface area contributed by atoms with Crippen LogP contribution in [-0.4, -0.2) is 54.1 Å². The van der Waals surface area contributed by atoms with Crippen molar-refractivity contribution in [2.24, 2.45) is 11.3 Å². The monoisotopic (exact) mass is 324 g/mol. The zero-order valence-corrected chi connectivity index (χ0v) is 15.1. The number of hydrogen-bond donors (Lipinski definition) is 0. The Labute approximate surface area is 140 Å². The van der Waals surface area contributed by atoms with E-state index in [0.29, 0.717) is 12.3 Å². The molecule has 0 saturated carbocycles. The van der Waals surface area contributed by atoms with E-state index in [1.54, 1.807) is 0 Å². The third kappa shape index (κ3) is 4.85. The molecule has 0 aromatic carbocycles. The first kappa shape index (κ1) is 18.1. The normalized spacial score (nSPS) is 25.6. The molecule has 132 valence electrons. The molecule has 2 rings (SSSR count). The lowest BCUT2D eigenvalue weighted by Gasteiger charge is -2.48. The van der Waals surface area contributed by atoms with Crippen LogP contribution in [-0.2, 0) is 9.53 Å². The van der Waals surface area contributed by atoms with Gasteiger partial charge in [0.05, 0.1) is 6.10 Å². The van der Waals surface area contributed by atoms with E-state index in [2.05, 4.69) is 13.8 Å². The second kappa shape index (κ2) is 7.54. The van der Waals surface area contributed by atoms with Gasteiger partial charge in [-0.3, -0.25) is 4.79 Å². The van der Waals surface area contributed by atoms with Gasteiger partial charge in [-0.2, -0.15) is 0 Å². The Kier molecular flexibility index (Phi) is 5.93. The molecule has 2 aliphatic heterocycles. The molecule has 0 unspecified atom stereocenters. The highest BCUT2D eigenvalue weighted by molar-refractivity contribution is 5.77. The Morgan fingerprint density at radius 3 is 2.61 bits per heavy atom. The van der Waals surface area contributed by atoms with Crippen LogP contribution >= 0.6 is 0 Å². The maximum Gasteiger partial charge on any atom is 0.410 e. The maximum absolute atomic E-state index is 12.2. The van der Waals surface area contributed by atoms with Crippen molar-refractivity contribution < 1.29 is 14.3 Å². The fraction of sp³-hybridized carbons (Fsp3) is 0.889. The largest absolute Gasteiger partial charge is 0.447 e. The molecule has 0 aliphatic carbocycles. The molecule has 2 heterocycles. The molecule has 0 bridgehead atoms. The van der Waals surface area contributed by atoms with Crippen LogP contribution in [0.4, 0.5) is 4.79 Å². The van der Waals surface area contributed by atoms with Gasteiger partial charge in [0.15, 0.2) is 0 Å². The van der Waals surface area contributed by atoms with E-state index >= 15 is 0 Å². The van der Waals surface area contributed by atoms with Gasteiger partial charge >= 0.3 is 6.09 Å². The number of amides is 2. The number of nitrogens with zero attached hydrogens (tertiary/aromatic N) is 2. The summed E-state index contributed by atoms with van der Waals surface area (Å²) < 4.78 is 5.36. The number of piperidine rings is 2. The number of carbonyl (C=O) groups excluding carboxylic acids is 2. The van der Waals surface area contributed by atoms with Gasteiger partial charge in [0.2, 0.25) is 5.91 Å². The summed E-state index contributed by atoms with van der Waals surface area (Å²) in [5.41, 5.74) is 0.0686. The topological polar surface area (TPSA) is 49.9 Å². The fourth-order valence-electron chi connectivity index (χ4n) is 3.69. The van der Waals surface area contributed by atoms with Gasteiger partial charge < -0.3 is 14.5 Å². The van der Waals surface area contributed by atoms with Crippen LogP contribution in [0.15, 0.2) is 0 Å². The molecule has 0 aromatic rings. The summed E-state index contributed by atoms with van der Waals surface area (Å²) in [5.74, 6) is 0.878. The smallest absolute Gasteiger partial charge is 0.410 e. The van der Waals surface area contributed by atoms with Gasteiger partial charge in [-0.1, -0.05) is 13.8 Å². The zero-order chi connectivity index (χ0) is 17.0. The molecule has 0 radical (unpaired) electrons. The van der Waals surface area contributed by atoms with Crippen molar-refractivity contribution in [3.05, 3.63) is 0 Å². The third-order valence-electron chi connectivity index (χ3n) is 4.98. The van der Waals surface area contributed by atoms with Crippen molar-refractivity contribution in [1.82, 2.24) is 9.80 Å². The predicted octanol–water partition coefficient (Wildman–Crippen LogP) is 3.28. The van der Waals surface area contributed by atoms with Gasteiger partial charge in [-0.05, 0) is 45.4 Å². The Bertz CT molecular complexity index is 430. The molecule has 0 N–H and O–H groups in total. The quantitative estimate of drug-likeness (QED) is 0.797. The average Bonchev–Trinajstić information content (AvgIpc) is 2.48. The van der Waals surface area contributed by atoms with E-state index in [9.17, 15) is 9.59 Å². The first-order chi connectivity index (χ1) is 10.8. The SMILES string of the molecule is CC(C)CCN1C[C@]2(CCCN(C(=O)OC(C)C)C2)CCC1=O. The predicted molar refractivity (Wildman–Crippen MR) is 90.1 cm³/mol. The maximum atomic E-state index is 12.2. The van der Waals surface area contributed by atoms with Crippen LogP contribution in [0.1, 0.15) is 59.8 Å². The third-order valence-corrected chi connectivity index (χ3v) is 4.98. The second-order valence-electron chi connectivity index (χ2n) is 7.96. The van der Waals surface area contributed by atoms with Gasteiger partial charge in [-0.15, -0.1) is 0 Å². The molecule has 0 aromatic heterocycles. The number of ether oxygens (including phenoxy) is 1. The van der Waals surface area contributed by atoms with Gasteiger partial charge in [0, 0.05) is 38.0 Å². The Morgan fingerprint density at radius 2 is 1.96 bits per heavy atom. The zero-order valence-electron chi connectivity index (χ0n) is 15.1. The molecule has 23 heavy (non-hydrogen) atoms. The van der Waals surface area contributed by atoms with E-state index in [1.807, 2.05) is 23.6 Å². The van der Waals surface area contributed by atoms with E-state index in [4.69, 9.17) is 4.74 Å². The fourth-order valence-corrected chi connectivity index (χ4v) is 3.69. The molecule has 1 atom stereocenters. The van der Waals surface area contributed by atoms with E-state index in [1.165, 1.54) is 0 Å². The summed E-state index contributed by atoms with van der Waals surface area (Å²) in [7, 11) is 0. The number of carbonyl (C=O) groups is 2. The summed E-state index contributed by atoms with van der Waals surface area (Å²) in [6.45, 7) is 11.3. The highest BCUT2D eigenvalue weighted by atomic mass is 16.6. The van der Waals surface area contributed by atoms with Crippen LogP contribution in [0.5, 0.6) is 0 Å². The lowest BCUT2D eigenvalue weighted by Crippen LogP contribution is -2.55. The van der Waals surface area contributed by atoms with Crippen LogP contribution in [0, 0.1) is 11.3 Å².